The highest BCUT2D eigenvalue weighted by Crippen LogP contribution is 2.37. The molecule has 0 amide bonds. The number of hydrogen-bond donors (Lipinski definition) is 2. The molecule has 2 aromatic rings. The van der Waals surface area contributed by atoms with Gasteiger partial charge in [-0.1, -0.05) is 0 Å². The Morgan fingerprint density at radius 2 is 2.00 bits per heavy atom. The Bertz CT molecular complexity index is 622. The Morgan fingerprint density at radius 1 is 1.25 bits per heavy atom. The van der Waals surface area contributed by atoms with Crippen molar-refractivity contribution in [2.24, 2.45) is 0 Å². The van der Waals surface area contributed by atoms with E-state index < -0.39 is 17.4 Å². The second-order valence-electron chi connectivity index (χ2n) is 3.58. The molecule has 1 aromatic heterocycles. The molecule has 5 nitrogen and oxygen atoms in total. The summed E-state index contributed by atoms with van der Waals surface area (Å²) in [5, 5.41) is 8.58. The lowest BCUT2D eigenvalue weighted by molar-refractivity contribution is -0.137. The van der Waals surface area contributed by atoms with Crippen molar-refractivity contribution in [1.82, 2.24) is 9.97 Å². The van der Waals surface area contributed by atoms with Crippen molar-refractivity contribution in [2.45, 2.75) is 6.18 Å². The fourth-order valence-electron chi connectivity index (χ4n) is 1.42. The van der Waals surface area contributed by atoms with Crippen LogP contribution in [0, 0.1) is 0 Å². The zero-order valence-corrected chi connectivity index (χ0v) is 10.4. The molecule has 0 unspecified atom stereocenters. The summed E-state index contributed by atoms with van der Waals surface area (Å²) in [7, 11) is 0. The van der Waals surface area contributed by atoms with Gasteiger partial charge in [0.2, 0.25) is 11.2 Å². The minimum absolute atomic E-state index is 0.00262. The third-order valence-electron chi connectivity index (χ3n) is 2.24. The summed E-state index contributed by atoms with van der Waals surface area (Å²) in [5.41, 5.74) is -0.0726. The lowest BCUT2D eigenvalue weighted by atomic mass is 10.1. The minimum Gasteiger partial charge on any atom is -0.439 e. The number of alkyl halides is 3. The number of rotatable bonds is 3. The summed E-state index contributed by atoms with van der Waals surface area (Å²) in [5.74, 6) is -0.103. The maximum atomic E-state index is 12.8. The van der Waals surface area contributed by atoms with Crippen molar-refractivity contribution in [3.8, 4) is 11.6 Å². The third kappa shape index (κ3) is 3.28. The van der Waals surface area contributed by atoms with Gasteiger partial charge in [0, 0.05) is 12.3 Å². The average Bonchev–Trinajstić information content (AvgIpc) is 2.37. The van der Waals surface area contributed by atoms with Crippen molar-refractivity contribution in [3.05, 3.63) is 41.3 Å². The van der Waals surface area contributed by atoms with Crippen LogP contribution >= 0.6 is 11.6 Å². The van der Waals surface area contributed by atoms with E-state index in [-0.39, 0.29) is 16.9 Å². The molecule has 0 aliphatic heterocycles. The monoisotopic (exact) mass is 305 g/mol. The second-order valence-corrected chi connectivity index (χ2v) is 3.92. The fraction of sp³-hybridized carbons (Fsp3) is 0.0909. The zero-order valence-electron chi connectivity index (χ0n) is 9.65. The van der Waals surface area contributed by atoms with Gasteiger partial charge in [-0.05, 0) is 29.8 Å². The van der Waals surface area contributed by atoms with E-state index in [0.717, 1.165) is 12.1 Å². The second kappa shape index (κ2) is 5.51. The van der Waals surface area contributed by atoms with E-state index in [0.29, 0.717) is 0 Å². The number of nitrogens with zero attached hydrogens (tertiary/aromatic N) is 2. The molecule has 0 aliphatic carbocycles. The smallest absolute Gasteiger partial charge is 0.418 e. The molecule has 0 saturated heterocycles. The summed E-state index contributed by atoms with van der Waals surface area (Å²) in [6.07, 6.45) is -3.34. The number of halogens is 4. The summed E-state index contributed by atoms with van der Waals surface area (Å²) in [6.45, 7) is 0. The molecule has 0 saturated carbocycles. The molecular formula is C11H7ClF3N3O2. The van der Waals surface area contributed by atoms with Crippen LogP contribution in [0.1, 0.15) is 5.56 Å². The number of hydrogen-bond acceptors (Lipinski definition) is 5. The lowest BCUT2D eigenvalue weighted by Gasteiger charge is -2.13. The Balaban J connectivity index is 2.34. The molecule has 0 bridgehead atoms. The Kier molecular flexibility index (Phi) is 3.96. The van der Waals surface area contributed by atoms with Crippen LogP contribution in [0.2, 0.25) is 5.28 Å². The summed E-state index contributed by atoms with van der Waals surface area (Å²) >= 11 is 5.54. The normalized spacial score (nSPS) is 11.2. The van der Waals surface area contributed by atoms with Crippen molar-refractivity contribution in [3.63, 3.8) is 0 Å². The highest BCUT2D eigenvalue weighted by molar-refractivity contribution is 6.28. The van der Waals surface area contributed by atoms with Crippen molar-refractivity contribution < 1.29 is 23.1 Å². The number of ether oxygens (including phenoxy) is 1. The Morgan fingerprint density at radius 3 is 2.60 bits per heavy atom. The molecule has 9 heteroatoms. The molecule has 0 spiro atoms. The van der Waals surface area contributed by atoms with E-state index >= 15 is 0 Å². The van der Waals surface area contributed by atoms with Gasteiger partial charge in [-0.25, -0.2) is 4.98 Å². The molecule has 1 heterocycles. The van der Waals surface area contributed by atoms with Gasteiger partial charge in [-0.2, -0.15) is 18.2 Å². The van der Waals surface area contributed by atoms with E-state index in [1.165, 1.54) is 23.8 Å². The van der Waals surface area contributed by atoms with Crippen molar-refractivity contribution in [2.75, 3.05) is 5.48 Å². The summed E-state index contributed by atoms with van der Waals surface area (Å²) in [6, 6.07) is 4.34. The molecular weight excluding hydrogens is 299 g/mol. The first kappa shape index (κ1) is 14.4. The predicted molar refractivity (Wildman–Crippen MR) is 64.0 cm³/mol. The van der Waals surface area contributed by atoms with Crippen molar-refractivity contribution in [1.29, 1.82) is 0 Å². The van der Waals surface area contributed by atoms with Crippen LogP contribution in [0.3, 0.4) is 0 Å². The SMILES string of the molecule is ONc1ccc(Oc2ccnc(Cl)n2)cc1C(F)(F)F. The molecule has 0 radical (unpaired) electrons. The van der Waals surface area contributed by atoms with Crippen molar-refractivity contribution >= 4 is 17.3 Å². The van der Waals surface area contributed by atoms with Gasteiger partial charge >= 0.3 is 6.18 Å². The topological polar surface area (TPSA) is 67.3 Å². The Labute approximate surface area is 116 Å². The third-order valence-corrected chi connectivity index (χ3v) is 2.42. The number of anilines is 1. The van der Waals surface area contributed by atoms with Gasteiger partial charge in [0.1, 0.15) is 5.75 Å². The highest BCUT2D eigenvalue weighted by Gasteiger charge is 2.34. The fourth-order valence-corrected chi connectivity index (χ4v) is 1.56. The largest absolute Gasteiger partial charge is 0.439 e. The van der Waals surface area contributed by atoms with Crippen LogP contribution in [-0.2, 0) is 6.18 Å². The molecule has 0 aliphatic rings. The maximum absolute atomic E-state index is 12.8. The van der Waals surface area contributed by atoms with Crippen LogP contribution in [0.15, 0.2) is 30.5 Å². The van der Waals surface area contributed by atoms with E-state index in [1.54, 1.807) is 0 Å². The van der Waals surface area contributed by atoms with Gasteiger partial charge in [0.15, 0.2) is 0 Å². The quantitative estimate of drug-likeness (QED) is 0.668. The standard InChI is InChI=1S/C11H7ClF3N3O2/c12-10-16-4-3-9(17-10)20-6-1-2-8(18-19)7(5-6)11(13,14)15/h1-5,18-19H. The lowest BCUT2D eigenvalue weighted by Crippen LogP contribution is -2.09. The molecule has 20 heavy (non-hydrogen) atoms. The number of aromatic nitrogens is 2. The van der Waals surface area contributed by atoms with Gasteiger partial charge in [0.25, 0.3) is 0 Å². The van der Waals surface area contributed by atoms with Crippen LogP contribution < -0.4 is 10.2 Å². The van der Waals surface area contributed by atoms with E-state index in [1.807, 2.05) is 0 Å². The molecule has 0 fully saturated rings. The molecule has 0 atom stereocenters. The maximum Gasteiger partial charge on any atom is 0.418 e. The van der Waals surface area contributed by atoms with Crippen LogP contribution in [0.5, 0.6) is 11.6 Å². The van der Waals surface area contributed by atoms with Gasteiger partial charge in [-0.3, -0.25) is 10.7 Å². The van der Waals surface area contributed by atoms with Crippen LogP contribution in [0.25, 0.3) is 0 Å². The van der Waals surface area contributed by atoms with Crippen LogP contribution in [-0.4, -0.2) is 15.2 Å². The summed E-state index contributed by atoms with van der Waals surface area (Å²) in [4.78, 5) is 7.31. The average molecular weight is 306 g/mol. The van der Waals surface area contributed by atoms with Crippen LogP contribution in [0.4, 0.5) is 18.9 Å². The van der Waals surface area contributed by atoms with E-state index in [4.69, 9.17) is 21.5 Å². The first-order valence-corrected chi connectivity index (χ1v) is 5.55. The van der Waals surface area contributed by atoms with Gasteiger partial charge in [0.05, 0.1) is 11.3 Å². The van der Waals surface area contributed by atoms with E-state index in [9.17, 15) is 13.2 Å². The molecule has 106 valence electrons. The number of benzene rings is 1. The zero-order chi connectivity index (χ0) is 14.8. The first-order valence-electron chi connectivity index (χ1n) is 5.18. The van der Waals surface area contributed by atoms with Gasteiger partial charge < -0.3 is 4.74 Å². The highest BCUT2D eigenvalue weighted by atomic mass is 35.5. The predicted octanol–water partition coefficient (Wildman–Crippen LogP) is 3.74. The number of nitrogens with one attached hydrogen (secondary N) is 1. The Hall–Kier alpha value is -2.06. The molecule has 2 rings (SSSR count). The first-order chi connectivity index (χ1) is 9.40. The van der Waals surface area contributed by atoms with Gasteiger partial charge in [-0.15, -0.1) is 0 Å². The minimum atomic E-state index is -4.65. The molecule has 2 N–H and O–H groups in total. The summed E-state index contributed by atoms with van der Waals surface area (Å²) < 4.78 is 43.4. The molecule has 1 aromatic carbocycles. The van der Waals surface area contributed by atoms with E-state index in [2.05, 4.69) is 9.97 Å².